The number of carbonyl (C=O) groups is 2. The van der Waals surface area contributed by atoms with Gasteiger partial charge in [0.05, 0.1) is 0 Å². The Morgan fingerprint density at radius 2 is 1.24 bits per heavy atom. The van der Waals surface area contributed by atoms with Crippen LogP contribution in [0.3, 0.4) is 0 Å². The maximum absolute atomic E-state index is 10.8. The number of hydrogen-bond donors (Lipinski definition) is 2. The zero-order chi connectivity index (χ0) is 26.1. The zero-order valence-corrected chi connectivity index (χ0v) is 20.4. The lowest BCUT2D eigenvalue weighted by Crippen LogP contribution is -2.39. The fraction of sp³-hybridized carbons (Fsp3) is 0.333. The third-order valence-electron chi connectivity index (χ3n) is 3.07. The molecule has 34 heavy (non-hydrogen) atoms. The summed E-state index contributed by atoms with van der Waals surface area (Å²) in [6, 6.07) is 6.40. The minimum absolute atomic E-state index is 0.177. The molecule has 16 heteroatoms. The first-order chi connectivity index (χ1) is 16.1. The summed E-state index contributed by atoms with van der Waals surface area (Å²) in [5.74, 6) is 2.21. The Kier molecular flexibility index (Phi) is 15.5. The molecular formula is C18H22BFN8O4S2. The van der Waals surface area contributed by atoms with Gasteiger partial charge < -0.3 is 25.0 Å². The highest BCUT2D eigenvalue weighted by molar-refractivity contribution is 7.99. The van der Waals surface area contributed by atoms with Gasteiger partial charge in [-0.15, -0.1) is 0 Å². The van der Waals surface area contributed by atoms with Gasteiger partial charge in [-0.1, -0.05) is 37.4 Å². The first-order valence-electron chi connectivity index (χ1n) is 9.56. The molecular weight excluding hydrogens is 486 g/mol. The predicted molar refractivity (Wildman–Crippen MR) is 126 cm³/mol. The van der Waals surface area contributed by atoms with Crippen molar-refractivity contribution in [2.45, 2.75) is 37.7 Å². The van der Waals surface area contributed by atoms with E-state index < -0.39 is 7.40 Å². The number of amides is 2. The minimum atomic E-state index is -3.17. The lowest BCUT2D eigenvalue weighted by atomic mass is 10.3. The van der Waals surface area contributed by atoms with Crippen LogP contribution < -0.4 is 20.7 Å². The molecule has 0 bridgehead atoms. The topological polar surface area (TPSA) is 186 Å². The van der Waals surface area contributed by atoms with Crippen LogP contribution in [0.2, 0.25) is 0 Å². The van der Waals surface area contributed by atoms with Gasteiger partial charge in [0, 0.05) is 26.0 Å². The molecule has 180 valence electrons. The number of nitrogens with zero attached hydrogens (tertiary/aromatic N) is 6. The fourth-order valence-corrected chi connectivity index (χ4v) is 3.39. The maximum atomic E-state index is 10.8. The van der Waals surface area contributed by atoms with Crippen molar-refractivity contribution in [3.05, 3.63) is 34.2 Å². The molecule has 12 nitrogen and oxygen atoms in total. The highest BCUT2D eigenvalue weighted by Gasteiger charge is 2.17. The molecule has 0 aliphatic heterocycles. The first kappa shape index (κ1) is 30.7. The molecule has 2 N–H and O–H groups in total. The van der Waals surface area contributed by atoms with E-state index >= 15 is 0 Å². The van der Waals surface area contributed by atoms with E-state index in [-0.39, 0.29) is 11.8 Å². The molecule has 0 saturated carbocycles. The number of anilines is 2. The number of hydrogen-bond acceptors (Lipinski definition) is 10. The molecule has 2 rings (SSSR count). The number of nitrogens with one attached hydrogen (secondary N) is 2. The molecule has 0 spiro atoms. The molecule has 0 saturated heterocycles. The van der Waals surface area contributed by atoms with Crippen molar-refractivity contribution < 1.29 is 24.0 Å². The highest BCUT2D eigenvalue weighted by Crippen LogP contribution is 2.29. The number of rotatable bonds is 6. The smallest absolute Gasteiger partial charge is 0.416 e. The summed E-state index contributed by atoms with van der Waals surface area (Å²) < 4.78 is 9.89. The molecule has 0 aromatic carbocycles. The molecule has 2 heterocycles. The van der Waals surface area contributed by atoms with Crippen molar-refractivity contribution in [1.82, 2.24) is 9.97 Å². The average molecular weight is 508 g/mol. The molecule has 2 amide bonds. The summed E-state index contributed by atoms with van der Waals surface area (Å²) in [4.78, 5) is 36.1. The molecule has 0 unspecified atom stereocenters. The van der Waals surface area contributed by atoms with Gasteiger partial charge in [0.25, 0.3) is 0 Å². The maximum Gasteiger partial charge on any atom is 0.416 e. The molecule has 0 aliphatic rings. The van der Waals surface area contributed by atoms with E-state index in [1.807, 2.05) is 13.8 Å². The second-order valence-electron chi connectivity index (χ2n) is 5.74. The number of diazo groups is 2. The van der Waals surface area contributed by atoms with Gasteiger partial charge in [-0.25, -0.2) is 9.97 Å². The van der Waals surface area contributed by atoms with E-state index in [0.717, 1.165) is 11.5 Å². The number of carbonyl (C=O) groups excluding carboxylic acids is 2. The Hall–Kier alpha value is -3.31. The number of halogens is 1. The van der Waals surface area contributed by atoms with E-state index in [1.165, 1.54) is 37.4 Å². The Morgan fingerprint density at radius 1 is 0.912 bits per heavy atom. The van der Waals surface area contributed by atoms with Crippen LogP contribution in [0.15, 0.2) is 34.3 Å². The van der Waals surface area contributed by atoms with Gasteiger partial charge in [-0.05, 0) is 23.6 Å². The average Bonchev–Trinajstić information content (AvgIpc) is 2.74. The highest BCUT2D eigenvalue weighted by atomic mass is 32.2. The van der Waals surface area contributed by atoms with Gasteiger partial charge in [0.15, 0.2) is 20.0 Å². The molecule has 0 aliphatic carbocycles. The predicted octanol–water partition coefficient (Wildman–Crippen LogP) is 2.93. The van der Waals surface area contributed by atoms with Crippen molar-refractivity contribution in [2.75, 3.05) is 22.1 Å². The van der Waals surface area contributed by atoms with E-state index in [9.17, 15) is 13.9 Å². The Labute approximate surface area is 204 Å². The SMILES string of the molecule is CCSc1nc(NC(C)=O)ccc1[N+]#N.CCSc1nc(NC(C)=O)ccc1[N+]#N.[O-]B([O-])F. The summed E-state index contributed by atoms with van der Waals surface area (Å²) in [6.07, 6.45) is 0. The number of pyridine rings is 2. The fourth-order valence-electron chi connectivity index (χ4n) is 2.00. The quantitative estimate of drug-likeness (QED) is 0.334. The summed E-state index contributed by atoms with van der Waals surface area (Å²) in [5.41, 5.74) is 0.826. The Balaban J connectivity index is 0.000000554. The van der Waals surface area contributed by atoms with Crippen molar-refractivity contribution in [1.29, 1.82) is 10.8 Å². The normalized spacial score (nSPS) is 9.09. The van der Waals surface area contributed by atoms with Gasteiger partial charge in [-0.2, -0.15) is 0 Å². The molecule has 0 fully saturated rings. The van der Waals surface area contributed by atoms with Gasteiger partial charge in [-0.3, -0.25) is 9.59 Å². The second-order valence-corrected chi connectivity index (χ2v) is 8.25. The van der Waals surface area contributed by atoms with E-state index in [1.54, 1.807) is 24.3 Å². The first-order valence-corrected chi connectivity index (χ1v) is 11.5. The van der Waals surface area contributed by atoms with Crippen LogP contribution in [0.1, 0.15) is 27.7 Å². The van der Waals surface area contributed by atoms with Crippen LogP contribution >= 0.6 is 23.5 Å². The summed E-state index contributed by atoms with van der Waals surface area (Å²) in [6.45, 7) is 6.77. The third-order valence-corrected chi connectivity index (χ3v) is 4.79. The minimum Gasteiger partial charge on any atom is -0.867 e. The lowest BCUT2D eigenvalue weighted by Gasteiger charge is -2.09. The van der Waals surface area contributed by atoms with Gasteiger partial charge >= 0.3 is 11.4 Å². The van der Waals surface area contributed by atoms with Gasteiger partial charge in [0.2, 0.25) is 22.6 Å². The number of aromatic nitrogens is 2. The molecule has 0 atom stereocenters. The molecule has 2 aromatic rings. The largest absolute Gasteiger partial charge is 0.867 e. The Bertz CT molecular complexity index is 967. The molecule has 0 radical (unpaired) electrons. The summed E-state index contributed by atoms with van der Waals surface area (Å²) >= 11 is 2.90. The van der Waals surface area contributed by atoms with Crippen molar-refractivity contribution in [3.63, 3.8) is 0 Å². The third kappa shape index (κ3) is 13.3. The Morgan fingerprint density at radius 3 is 1.47 bits per heavy atom. The molecule has 2 aromatic heterocycles. The van der Waals surface area contributed by atoms with Gasteiger partial charge in [0.1, 0.15) is 19.0 Å². The van der Waals surface area contributed by atoms with Crippen LogP contribution in [0, 0.1) is 10.8 Å². The second kappa shape index (κ2) is 17.2. The van der Waals surface area contributed by atoms with Crippen molar-refractivity contribution in [2.24, 2.45) is 0 Å². The van der Waals surface area contributed by atoms with E-state index in [0.29, 0.717) is 33.1 Å². The number of thioether (sulfide) groups is 2. The van der Waals surface area contributed by atoms with Crippen molar-refractivity contribution in [3.8, 4) is 0 Å². The van der Waals surface area contributed by atoms with Crippen LogP contribution in [0.5, 0.6) is 0 Å². The summed E-state index contributed by atoms with van der Waals surface area (Å²) in [5, 5.41) is 40.4. The monoisotopic (exact) mass is 508 g/mol. The van der Waals surface area contributed by atoms with Crippen molar-refractivity contribution >= 4 is 65.7 Å². The zero-order valence-electron chi connectivity index (χ0n) is 18.8. The van der Waals surface area contributed by atoms with Crippen LogP contribution in [0.25, 0.3) is 9.95 Å². The van der Waals surface area contributed by atoms with E-state index in [2.05, 4.69) is 30.6 Å². The van der Waals surface area contributed by atoms with E-state index in [4.69, 9.17) is 20.8 Å². The lowest BCUT2D eigenvalue weighted by molar-refractivity contribution is -0.366. The van der Waals surface area contributed by atoms with Crippen LogP contribution in [-0.4, -0.2) is 40.7 Å². The standard InChI is InChI=1S/2C9H10N4OS.BFO2/c2*1-3-15-9-7(13-10)4-5-8(12-9)11-6(2)14;2-1(3)4/h2*4-5H,3H2,1-2H3;/q;;-2/p+2. The van der Waals surface area contributed by atoms with Crippen LogP contribution in [-0.2, 0) is 9.59 Å². The summed E-state index contributed by atoms with van der Waals surface area (Å²) in [7, 11) is -3.17. The van der Waals surface area contributed by atoms with Crippen LogP contribution in [0.4, 0.5) is 27.3 Å².